The van der Waals surface area contributed by atoms with Crippen molar-refractivity contribution in [2.24, 2.45) is 0 Å². The van der Waals surface area contributed by atoms with E-state index in [1.165, 1.54) is 55.4 Å². The van der Waals surface area contributed by atoms with Gasteiger partial charge in [-0.1, -0.05) is 53.2 Å². The normalized spacial score (nSPS) is 16.6. The first-order valence-electron chi connectivity index (χ1n) is 16.1. The van der Waals surface area contributed by atoms with Crippen molar-refractivity contribution in [3.63, 3.8) is 0 Å². The van der Waals surface area contributed by atoms with E-state index in [-0.39, 0.29) is 0 Å². The molecule has 3 aliphatic heterocycles. The minimum absolute atomic E-state index is 0.709. The van der Waals surface area contributed by atoms with Gasteiger partial charge in [-0.2, -0.15) is 9.13 Å². The van der Waals surface area contributed by atoms with E-state index in [0.29, 0.717) is 0 Å². The van der Waals surface area contributed by atoms with E-state index in [1.54, 1.807) is 0 Å². The Labute approximate surface area is 268 Å². The number of para-hydroxylation sites is 2. The molecule has 0 radical (unpaired) electrons. The zero-order valence-corrected chi connectivity index (χ0v) is 25.7. The zero-order valence-electron chi connectivity index (χ0n) is 25.7. The van der Waals surface area contributed by atoms with Gasteiger partial charge in [0.05, 0.1) is 17.5 Å². The highest BCUT2D eigenvalue weighted by atomic mass is 16.5. The van der Waals surface area contributed by atoms with E-state index in [1.807, 2.05) is 12.1 Å². The first-order chi connectivity index (χ1) is 23.2. The summed E-state index contributed by atoms with van der Waals surface area (Å²) in [6.45, 7) is 4.53. The SMILES string of the molecule is Cc1c(-c2ccc3oc4ccccc4c3c2)c(C)[n+]2n1-c1cccc3c1C21c2c(ccc4c5ccccc5n(c24)-c2cccc[n+]21)O3. The smallest absolute Gasteiger partial charge is 0.397 e. The Bertz CT molecular complexity index is 2920. The Kier molecular flexibility index (Phi) is 4.00. The lowest BCUT2D eigenvalue weighted by atomic mass is 9.84. The van der Waals surface area contributed by atoms with Crippen LogP contribution in [0.2, 0.25) is 0 Å². The Morgan fingerprint density at radius 1 is 0.660 bits per heavy atom. The number of aromatic nitrogens is 4. The maximum absolute atomic E-state index is 6.85. The van der Waals surface area contributed by atoms with Crippen LogP contribution in [0.1, 0.15) is 22.5 Å². The van der Waals surface area contributed by atoms with Gasteiger partial charge in [-0.25, -0.2) is 0 Å². The molecule has 0 saturated carbocycles. The number of ether oxygens (including phenoxy) is 1. The van der Waals surface area contributed by atoms with E-state index in [0.717, 1.165) is 44.9 Å². The van der Waals surface area contributed by atoms with Crippen LogP contribution in [0.25, 0.3) is 66.4 Å². The third-order valence-corrected chi connectivity index (χ3v) is 10.9. The van der Waals surface area contributed by atoms with Crippen molar-refractivity contribution in [3.05, 3.63) is 144 Å². The molecular weight excluding hydrogens is 580 g/mol. The molecule has 1 atom stereocenters. The number of pyridine rings is 1. The van der Waals surface area contributed by atoms with Gasteiger partial charge in [-0.3, -0.25) is 0 Å². The average molecular weight is 607 g/mol. The van der Waals surface area contributed by atoms with Crippen LogP contribution in [-0.4, -0.2) is 9.25 Å². The van der Waals surface area contributed by atoms with Crippen molar-refractivity contribution < 1.29 is 18.4 Å². The summed E-state index contributed by atoms with van der Waals surface area (Å²) in [7, 11) is 0. The molecule has 1 spiro atoms. The van der Waals surface area contributed by atoms with Gasteiger partial charge < -0.3 is 9.15 Å². The summed E-state index contributed by atoms with van der Waals surface area (Å²) in [6, 6.07) is 41.1. The molecule has 7 heterocycles. The van der Waals surface area contributed by atoms with Crippen molar-refractivity contribution in [3.8, 4) is 34.1 Å². The fourth-order valence-electron chi connectivity index (χ4n) is 9.27. The maximum Gasteiger partial charge on any atom is 0.397 e. The first kappa shape index (κ1) is 24.1. The fourth-order valence-corrected chi connectivity index (χ4v) is 9.27. The third-order valence-electron chi connectivity index (χ3n) is 10.9. The highest BCUT2D eigenvalue weighted by Gasteiger charge is 2.69. The van der Waals surface area contributed by atoms with E-state index >= 15 is 0 Å². The van der Waals surface area contributed by atoms with E-state index < -0.39 is 5.66 Å². The molecule has 1 unspecified atom stereocenters. The number of hydrogen-bond donors (Lipinski definition) is 0. The summed E-state index contributed by atoms with van der Waals surface area (Å²) in [5.41, 5.74) is 11.8. The summed E-state index contributed by atoms with van der Waals surface area (Å²) in [4.78, 5) is 0. The maximum atomic E-state index is 6.85. The number of nitrogens with zero attached hydrogens (tertiary/aromatic N) is 4. The monoisotopic (exact) mass is 606 g/mol. The molecule has 0 bridgehead atoms. The van der Waals surface area contributed by atoms with Gasteiger partial charge in [-0.05, 0) is 73.2 Å². The van der Waals surface area contributed by atoms with Gasteiger partial charge in [-0.15, -0.1) is 4.68 Å². The summed E-state index contributed by atoms with van der Waals surface area (Å²) >= 11 is 0. The lowest BCUT2D eigenvalue weighted by molar-refractivity contribution is -0.995. The van der Waals surface area contributed by atoms with Crippen LogP contribution in [0.15, 0.2) is 126 Å². The van der Waals surface area contributed by atoms with Crippen LogP contribution in [0.4, 0.5) is 0 Å². The van der Waals surface area contributed by atoms with Crippen LogP contribution < -0.4 is 14.0 Å². The van der Waals surface area contributed by atoms with Crippen LogP contribution in [0.3, 0.4) is 0 Å². The van der Waals surface area contributed by atoms with Gasteiger partial charge in [0.1, 0.15) is 39.4 Å². The summed E-state index contributed by atoms with van der Waals surface area (Å²) in [6.07, 6.45) is 2.25. The van der Waals surface area contributed by atoms with Crippen molar-refractivity contribution in [2.75, 3.05) is 0 Å². The molecule has 3 aliphatic rings. The van der Waals surface area contributed by atoms with Crippen LogP contribution in [0, 0.1) is 13.8 Å². The molecule has 0 saturated heterocycles. The Morgan fingerprint density at radius 2 is 1.47 bits per heavy atom. The second kappa shape index (κ2) is 7.80. The van der Waals surface area contributed by atoms with Crippen molar-refractivity contribution in [2.45, 2.75) is 19.5 Å². The third kappa shape index (κ3) is 2.51. The molecule has 4 aromatic heterocycles. The number of fused-ring (bicyclic) bond motifs is 10. The van der Waals surface area contributed by atoms with Gasteiger partial charge in [0.25, 0.3) is 5.82 Å². The van der Waals surface area contributed by atoms with Crippen LogP contribution in [0.5, 0.6) is 11.5 Å². The van der Waals surface area contributed by atoms with Crippen molar-refractivity contribution >= 4 is 43.7 Å². The molecule has 9 aromatic rings. The lowest BCUT2D eigenvalue weighted by Gasteiger charge is -2.33. The van der Waals surface area contributed by atoms with E-state index in [9.17, 15) is 0 Å². The number of rotatable bonds is 1. The van der Waals surface area contributed by atoms with Gasteiger partial charge in [0.15, 0.2) is 11.1 Å². The van der Waals surface area contributed by atoms with Crippen LogP contribution >= 0.6 is 0 Å². The van der Waals surface area contributed by atoms with Crippen molar-refractivity contribution in [1.29, 1.82) is 0 Å². The summed E-state index contributed by atoms with van der Waals surface area (Å²) in [5, 5.41) is 4.74. The highest BCUT2D eigenvalue weighted by molar-refractivity contribution is 6.11. The largest absolute Gasteiger partial charge is 0.456 e. The van der Waals surface area contributed by atoms with Gasteiger partial charge in [0.2, 0.25) is 5.69 Å². The first-order valence-corrected chi connectivity index (χ1v) is 16.1. The molecule has 0 fully saturated rings. The molecule has 0 aliphatic carbocycles. The van der Waals surface area contributed by atoms with Crippen LogP contribution in [-0.2, 0) is 5.66 Å². The van der Waals surface area contributed by atoms with Gasteiger partial charge in [0, 0.05) is 34.5 Å². The second-order valence-electron chi connectivity index (χ2n) is 13.0. The Morgan fingerprint density at radius 3 is 2.40 bits per heavy atom. The van der Waals surface area contributed by atoms with Gasteiger partial charge >= 0.3 is 5.66 Å². The molecular formula is C41H26N4O2+2. The molecule has 220 valence electrons. The zero-order chi connectivity index (χ0) is 30.8. The molecule has 6 nitrogen and oxygen atoms in total. The molecule has 6 heteroatoms. The van der Waals surface area contributed by atoms with E-state index in [4.69, 9.17) is 9.15 Å². The number of benzene rings is 5. The predicted octanol–water partition coefficient (Wildman–Crippen LogP) is 8.36. The summed E-state index contributed by atoms with van der Waals surface area (Å²) in [5.74, 6) is 2.90. The summed E-state index contributed by atoms with van der Waals surface area (Å²) < 4.78 is 22.9. The standard InChI is InChI=1S/C41H26N4O2/c1-23-37(25-17-19-33-29(22-25)27-11-4-6-14-32(27)46-33)24(2)45-41-38-31(44(23)45)13-9-15-34(38)47-35-20-18-28-26-10-3-5-12-30(26)43(40(28)39(35)41)36-16-7-8-21-42(36)41/h3-22H,1-2H3/q+2. The molecule has 0 N–H and O–H groups in total. The highest BCUT2D eigenvalue weighted by Crippen LogP contribution is 2.56. The molecule has 12 rings (SSSR count). The second-order valence-corrected chi connectivity index (χ2v) is 13.0. The Hall–Kier alpha value is -6.14. The predicted molar refractivity (Wildman–Crippen MR) is 181 cm³/mol. The molecule has 47 heavy (non-hydrogen) atoms. The minimum atomic E-state index is -0.709. The quantitative estimate of drug-likeness (QED) is 0.176. The molecule has 0 amide bonds. The Balaban J connectivity index is 1.27. The average Bonchev–Trinajstić information content (AvgIpc) is 3.81. The van der Waals surface area contributed by atoms with Crippen molar-refractivity contribution in [1.82, 2.24) is 9.25 Å². The number of hydrogen-bond acceptors (Lipinski definition) is 2. The number of furan rings is 1. The lowest BCUT2D eigenvalue weighted by Crippen LogP contribution is -2.77. The fraction of sp³-hybridized carbons (Fsp3) is 0.0732. The molecule has 5 aromatic carbocycles. The minimum Gasteiger partial charge on any atom is -0.456 e. The van der Waals surface area contributed by atoms with E-state index in [2.05, 4.69) is 142 Å². The topological polar surface area (TPSA) is 40.0 Å².